The number of hydrogen-bond donors (Lipinski definition) is 0. The third kappa shape index (κ3) is 2.68. The molecule has 1 heterocycles. The monoisotopic (exact) mass is 168 g/mol. The van der Waals surface area contributed by atoms with E-state index in [1.807, 2.05) is 6.08 Å². The second-order valence-corrected chi connectivity index (χ2v) is 2.55. The van der Waals surface area contributed by atoms with Crippen molar-refractivity contribution in [3.05, 3.63) is 35.9 Å². The van der Waals surface area contributed by atoms with Crippen molar-refractivity contribution in [3.8, 4) is 0 Å². The molecule has 0 spiro atoms. The van der Waals surface area contributed by atoms with Gasteiger partial charge in [-0.1, -0.05) is 17.7 Å². The number of aryl methyl sites for hydroxylation is 1. The summed E-state index contributed by atoms with van der Waals surface area (Å²) in [4.78, 5) is 7.81. The lowest BCUT2D eigenvalue weighted by atomic mass is 10.2. The van der Waals surface area contributed by atoms with Crippen LogP contribution in [0.3, 0.4) is 0 Å². The van der Waals surface area contributed by atoms with E-state index < -0.39 is 0 Å². The lowest BCUT2D eigenvalue weighted by molar-refractivity contribution is 0.927. The largest absolute Gasteiger partial charge is 0.241 e. The minimum absolute atomic E-state index is 0.499. The van der Waals surface area contributed by atoms with Gasteiger partial charge in [-0.05, 0) is 18.9 Å². The smallest absolute Gasteiger partial charge is 0.132 e. The van der Waals surface area contributed by atoms with Crippen LogP contribution < -0.4 is 0 Å². The summed E-state index contributed by atoms with van der Waals surface area (Å²) in [5.74, 6) is 0. The van der Waals surface area contributed by atoms with Crippen molar-refractivity contribution in [1.82, 2.24) is 9.97 Å². The number of halogens is 1. The Kier molecular flexibility index (Phi) is 3.05. The highest BCUT2D eigenvalue weighted by molar-refractivity contribution is 6.29. The van der Waals surface area contributed by atoms with Gasteiger partial charge in [0.2, 0.25) is 0 Å². The second kappa shape index (κ2) is 4.09. The Bertz CT molecular complexity index is 248. The van der Waals surface area contributed by atoms with Gasteiger partial charge in [0, 0.05) is 5.69 Å². The van der Waals surface area contributed by atoms with E-state index in [0.717, 1.165) is 18.5 Å². The zero-order chi connectivity index (χ0) is 8.10. The Morgan fingerprint density at radius 3 is 3.00 bits per heavy atom. The van der Waals surface area contributed by atoms with E-state index in [1.165, 1.54) is 6.33 Å². The van der Waals surface area contributed by atoms with Crippen LogP contribution in [-0.4, -0.2) is 9.97 Å². The van der Waals surface area contributed by atoms with E-state index in [1.54, 1.807) is 6.07 Å². The predicted octanol–water partition coefficient (Wildman–Crippen LogP) is 2.25. The van der Waals surface area contributed by atoms with Crippen LogP contribution >= 0.6 is 11.6 Å². The molecule has 0 unspecified atom stereocenters. The van der Waals surface area contributed by atoms with Crippen LogP contribution in [0.25, 0.3) is 0 Å². The number of allylic oxidation sites excluding steroid dienone is 1. The highest BCUT2D eigenvalue weighted by Gasteiger charge is 1.93. The molecule has 0 aliphatic heterocycles. The Labute approximate surface area is 70.9 Å². The molecular weight excluding hydrogens is 160 g/mol. The summed E-state index contributed by atoms with van der Waals surface area (Å²) in [6.45, 7) is 3.62. The van der Waals surface area contributed by atoms with Crippen molar-refractivity contribution in [1.29, 1.82) is 0 Å². The third-order valence-corrected chi connectivity index (χ3v) is 1.50. The molecule has 1 aromatic heterocycles. The molecule has 0 aromatic carbocycles. The average Bonchev–Trinajstić information content (AvgIpc) is 2.01. The first-order valence-corrected chi connectivity index (χ1v) is 3.78. The standard InChI is InChI=1S/C8H9ClN2/c1-2-3-4-7-5-8(9)11-6-10-7/h2,5-6H,1,3-4H2. The number of aromatic nitrogens is 2. The predicted molar refractivity (Wildman–Crippen MR) is 45.6 cm³/mol. The zero-order valence-electron chi connectivity index (χ0n) is 6.13. The van der Waals surface area contributed by atoms with Crippen LogP contribution in [0.4, 0.5) is 0 Å². The molecule has 0 aliphatic rings. The number of rotatable bonds is 3. The van der Waals surface area contributed by atoms with Gasteiger partial charge in [0.1, 0.15) is 11.5 Å². The molecule has 0 aliphatic carbocycles. The summed E-state index contributed by atoms with van der Waals surface area (Å²) in [5.41, 5.74) is 0.963. The first-order chi connectivity index (χ1) is 5.33. The maximum Gasteiger partial charge on any atom is 0.132 e. The SMILES string of the molecule is C=CCCc1cc(Cl)ncn1. The fourth-order valence-electron chi connectivity index (χ4n) is 0.757. The minimum atomic E-state index is 0.499. The molecule has 1 rings (SSSR count). The Balaban J connectivity index is 2.63. The highest BCUT2D eigenvalue weighted by Crippen LogP contribution is 2.05. The van der Waals surface area contributed by atoms with Crippen molar-refractivity contribution >= 4 is 11.6 Å². The molecule has 0 bridgehead atoms. The second-order valence-electron chi connectivity index (χ2n) is 2.16. The van der Waals surface area contributed by atoms with Crippen LogP contribution in [0, 0.1) is 0 Å². The molecular formula is C8H9ClN2. The van der Waals surface area contributed by atoms with Crippen molar-refractivity contribution in [2.45, 2.75) is 12.8 Å². The number of nitrogens with zero attached hydrogens (tertiary/aromatic N) is 2. The molecule has 0 N–H and O–H groups in total. The van der Waals surface area contributed by atoms with Crippen LogP contribution in [0.2, 0.25) is 5.15 Å². The van der Waals surface area contributed by atoms with E-state index in [-0.39, 0.29) is 0 Å². The van der Waals surface area contributed by atoms with E-state index in [0.29, 0.717) is 5.15 Å². The molecule has 1 aromatic rings. The van der Waals surface area contributed by atoms with Crippen molar-refractivity contribution in [3.63, 3.8) is 0 Å². The lowest BCUT2D eigenvalue weighted by Gasteiger charge is -1.95. The van der Waals surface area contributed by atoms with Gasteiger partial charge >= 0.3 is 0 Å². The van der Waals surface area contributed by atoms with E-state index in [9.17, 15) is 0 Å². The number of hydrogen-bond acceptors (Lipinski definition) is 2. The summed E-state index contributed by atoms with van der Waals surface area (Å²) in [7, 11) is 0. The molecule has 3 heteroatoms. The molecule has 0 fully saturated rings. The summed E-state index contributed by atoms with van der Waals surface area (Å²) in [6, 6.07) is 1.77. The molecule has 11 heavy (non-hydrogen) atoms. The highest BCUT2D eigenvalue weighted by atomic mass is 35.5. The van der Waals surface area contributed by atoms with Gasteiger partial charge in [-0.2, -0.15) is 0 Å². The summed E-state index contributed by atoms with van der Waals surface area (Å²) >= 11 is 5.65. The topological polar surface area (TPSA) is 25.8 Å². The Hall–Kier alpha value is -0.890. The van der Waals surface area contributed by atoms with Crippen LogP contribution in [0.1, 0.15) is 12.1 Å². The minimum Gasteiger partial charge on any atom is -0.241 e. The van der Waals surface area contributed by atoms with E-state index in [4.69, 9.17) is 11.6 Å². The van der Waals surface area contributed by atoms with E-state index in [2.05, 4.69) is 16.5 Å². The van der Waals surface area contributed by atoms with Crippen molar-refractivity contribution in [2.24, 2.45) is 0 Å². The Morgan fingerprint density at radius 1 is 1.55 bits per heavy atom. The first-order valence-electron chi connectivity index (χ1n) is 3.40. The molecule has 0 saturated carbocycles. The first kappa shape index (κ1) is 8.21. The molecule has 0 atom stereocenters. The molecule has 2 nitrogen and oxygen atoms in total. The zero-order valence-corrected chi connectivity index (χ0v) is 6.88. The van der Waals surface area contributed by atoms with Crippen molar-refractivity contribution in [2.75, 3.05) is 0 Å². The molecule has 58 valence electrons. The van der Waals surface area contributed by atoms with E-state index >= 15 is 0 Å². The third-order valence-electron chi connectivity index (χ3n) is 1.29. The van der Waals surface area contributed by atoms with Gasteiger partial charge in [0.05, 0.1) is 0 Å². The fourth-order valence-corrected chi connectivity index (χ4v) is 0.926. The van der Waals surface area contributed by atoms with Gasteiger partial charge in [0.15, 0.2) is 0 Å². The Morgan fingerprint density at radius 2 is 2.36 bits per heavy atom. The molecule has 0 amide bonds. The van der Waals surface area contributed by atoms with Gasteiger partial charge in [-0.15, -0.1) is 6.58 Å². The summed E-state index contributed by atoms with van der Waals surface area (Å²) < 4.78 is 0. The van der Waals surface area contributed by atoms with Crippen LogP contribution in [0.15, 0.2) is 25.0 Å². The van der Waals surface area contributed by atoms with Crippen LogP contribution in [0.5, 0.6) is 0 Å². The van der Waals surface area contributed by atoms with Gasteiger partial charge < -0.3 is 0 Å². The quantitative estimate of drug-likeness (QED) is 0.511. The molecule has 0 saturated heterocycles. The van der Waals surface area contributed by atoms with Crippen LogP contribution in [-0.2, 0) is 6.42 Å². The van der Waals surface area contributed by atoms with Gasteiger partial charge in [-0.25, -0.2) is 9.97 Å². The van der Waals surface area contributed by atoms with Crippen molar-refractivity contribution < 1.29 is 0 Å². The summed E-state index contributed by atoms with van der Waals surface area (Å²) in [6.07, 6.45) is 5.13. The average molecular weight is 169 g/mol. The molecule has 0 radical (unpaired) electrons. The maximum atomic E-state index is 5.65. The van der Waals surface area contributed by atoms with Gasteiger partial charge in [-0.3, -0.25) is 0 Å². The normalized spacial score (nSPS) is 9.55. The maximum absolute atomic E-state index is 5.65. The lowest BCUT2D eigenvalue weighted by Crippen LogP contribution is -1.89. The summed E-state index contributed by atoms with van der Waals surface area (Å²) in [5, 5.41) is 0.499. The van der Waals surface area contributed by atoms with Gasteiger partial charge in [0.25, 0.3) is 0 Å². The fraction of sp³-hybridized carbons (Fsp3) is 0.250.